The Morgan fingerprint density at radius 2 is 1.50 bits per heavy atom. The second kappa shape index (κ2) is 4.90. The van der Waals surface area contributed by atoms with Gasteiger partial charge in [0, 0.05) is 0 Å². The van der Waals surface area contributed by atoms with E-state index in [1.165, 1.54) is 0 Å². The fourth-order valence-electron chi connectivity index (χ4n) is 0. The highest BCUT2D eigenvalue weighted by molar-refractivity contribution is 7.79. The first kappa shape index (κ1) is 10.7. The van der Waals surface area contributed by atoms with Gasteiger partial charge in [-0.2, -0.15) is 14.3 Å². The standard InChI is InChI=1S/H3NO2.H2O4S/c1-3-2;1-5(2,3)4/h2H,1H2;(H2,1,2,3,4)/p+1. The summed E-state index contributed by atoms with van der Waals surface area (Å²) in [5.74, 6) is 3.90. The van der Waals surface area contributed by atoms with Crippen LogP contribution in [0.4, 0.5) is 0 Å². The van der Waals surface area contributed by atoms with Crippen molar-refractivity contribution in [3.05, 3.63) is 0 Å². The van der Waals surface area contributed by atoms with E-state index in [1.807, 2.05) is 0 Å². The first-order chi connectivity index (χ1) is 3.41. The largest absolute Gasteiger partial charge is 1.00 e. The maximum atomic E-state index is 8.74. The highest BCUT2D eigenvalue weighted by Gasteiger charge is 1.84. The minimum Gasteiger partial charge on any atom is -0.264 e. The van der Waals surface area contributed by atoms with Crippen molar-refractivity contribution in [2.45, 2.75) is 0 Å². The normalized spacial score (nSPS) is 9.50. The van der Waals surface area contributed by atoms with Crippen LogP contribution >= 0.6 is 0 Å². The molecule has 0 fully saturated rings. The van der Waals surface area contributed by atoms with E-state index in [1.54, 1.807) is 0 Å². The first-order valence-electron chi connectivity index (χ1n) is 1.12. The average Bonchev–Trinajstić information content (AvgIpc) is 1.27. The summed E-state index contributed by atoms with van der Waals surface area (Å²) in [6, 6.07) is 0. The Labute approximate surface area is 46.6 Å². The Kier molecular flexibility index (Phi) is 6.54. The van der Waals surface area contributed by atoms with Gasteiger partial charge < -0.3 is 0 Å². The van der Waals surface area contributed by atoms with E-state index in [0.717, 1.165) is 0 Å². The molecule has 0 saturated heterocycles. The molecule has 0 aromatic heterocycles. The van der Waals surface area contributed by atoms with Crippen molar-refractivity contribution in [2.75, 3.05) is 0 Å². The molecular formula is H6NO6S+. The third-order valence-corrected chi connectivity index (χ3v) is 0. The highest BCUT2D eigenvalue weighted by Crippen LogP contribution is 1.59. The average molecular weight is 148 g/mol. The van der Waals surface area contributed by atoms with E-state index in [2.05, 4.69) is 10.9 Å². The SMILES string of the molecule is NOO.O=S(=O)(O)O.[H+]. The molecule has 0 aliphatic carbocycles. The fourth-order valence-corrected chi connectivity index (χ4v) is 0. The van der Waals surface area contributed by atoms with Crippen LogP contribution in [0, 0.1) is 0 Å². The summed E-state index contributed by atoms with van der Waals surface area (Å²) in [5, 5.41) is 6.85. The van der Waals surface area contributed by atoms with Gasteiger partial charge in [0.2, 0.25) is 0 Å². The number of hydrogen-bond acceptors (Lipinski definition) is 5. The maximum Gasteiger partial charge on any atom is 1.00 e. The van der Waals surface area contributed by atoms with E-state index in [9.17, 15) is 0 Å². The van der Waals surface area contributed by atoms with Crippen LogP contribution in [0.25, 0.3) is 0 Å². The molecule has 0 aliphatic rings. The van der Waals surface area contributed by atoms with Gasteiger partial charge in [0.15, 0.2) is 0 Å². The van der Waals surface area contributed by atoms with Crippen molar-refractivity contribution < 1.29 is 29.2 Å². The molecular weight excluding hydrogens is 142 g/mol. The molecule has 0 aromatic rings. The molecule has 5 N–H and O–H groups in total. The fraction of sp³-hybridized carbons (Fsp3) is 0. The minimum absolute atomic E-state index is 0. The lowest BCUT2D eigenvalue weighted by molar-refractivity contribution is -0.247. The van der Waals surface area contributed by atoms with Gasteiger partial charge in [-0.3, -0.25) is 9.11 Å². The van der Waals surface area contributed by atoms with E-state index in [4.69, 9.17) is 22.8 Å². The van der Waals surface area contributed by atoms with Gasteiger partial charge >= 0.3 is 11.8 Å². The summed E-state index contributed by atoms with van der Waals surface area (Å²) < 4.78 is 31.6. The van der Waals surface area contributed by atoms with Crippen LogP contribution in [0.15, 0.2) is 0 Å². The van der Waals surface area contributed by atoms with Gasteiger partial charge in [0.1, 0.15) is 0 Å². The van der Waals surface area contributed by atoms with Crippen LogP contribution in [0.3, 0.4) is 0 Å². The molecule has 0 atom stereocenters. The number of hydrogen-bond donors (Lipinski definition) is 4. The zero-order chi connectivity index (χ0) is 7.21. The van der Waals surface area contributed by atoms with Crippen LogP contribution in [0.1, 0.15) is 1.43 Å². The van der Waals surface area contributed by atoms with Gasteiger partial charge in [-0.15, -0.1) is 4.99 Å². The smallest absolute Gasteiger partial charge is 0.264 e. The molecule has 0 aromatic carbocycles. The Morgan fingerprint density at radius 3 is 1.50 bits per heavy atom. The van der Waals surface area contributed by atoms with Gasteiger partial charge in [-0.1, -0.05) is 0 Å². The molecule has 8 heavy (non-hydrogen) atoms. The molecule has 0 aliphatic heterocycles. The lowest BCUT2D eigenvalue weighted by Gasteiger charge is -1.68. The lowest BCUT2D eigenvalue weighted by atomic mass is 13.5. The first-order valence-corrected chi connectivity index (χ1v) is 2.51. The van der Waals surface area contributed by atoms with Crippen LogP contribution < -0.4 is 5.90 Å². The van der Waals surface area contributed by atoms with Gasteiger partial charge in [-0.25, -0.2) is 5.26 Å². The third-order valence-electron chi connectivity index (χ3n) is 0. The van der Waals surface area contributed by atoms with Crippen molar-refractivity contribution in [3.8, 4) is 0 Å². The third kappa shape index (κ3) is 2080. The van der Waals surface area contributed by atoms with Crippen molar-refractivity contribution in [1.82, 2.24) is 0 Å². The second-order valence-electron chi connectivity index (χ2n) is 0.553. The van der Waals surface area contributed by atoms with E-state index in [-0.39, 0.29) is 1.43 Å². The Morgan fingerprint density at radius 1 is 1.50 bits per heavy atom. The molecule has 0 heterocycles. The lowest BCUT2D eigenvalue weighted by Crippen LogP contribution is -1.89. The molecule has 0 saturated carbocycles. The van der Waals surface area contributed by atoms with Gasteiger partial charge in [0.25, 0.3) is 0 Å². The summed E-state index contributed by atoms with van der Waals surface area (Å²) in [4.78, 5) is 2.75. The molecule has 52 valence electrons. The Hall–Kier alpha value is -0.250. The van der Waals surface area contributed by atoms with Crippen LogP contribution in [-0.4, -0.2) is 22.8 Å². The molecule has 0 bridgehead atoms. The predicted molar refractivity (Wildman–Crippen MR) is 23.2 cm³/mol. The zero-order valence-corrected chi connectivity index (χ0v) is 4.37. The zero-order valence-electron chi connectivity index (χ0n) is 4.55. The molecule has 0 radical (unpaired) electrons. The minimum atomic E-state index is -4.67. The van der Waals surface area contributed by atoms with Crippen LogP contribution in [-0.2, 0) is 15.4 Å². The van der Waals surface area contributed by atoms with E-state index >= 15 is 0 Å². The van der Waals surface area contributed by atoms with Crippen molar-refractivity contribution in [3.63, 3.8) is 0 Å². The number of nitrogens with two attached hydrogens (primary N) is 1. The second-order valence-corrected chi connectivity index (χ2v) is 1.45. The van der Waals surface area contributed by atoms with E-state index < -0.39 is 10.4 Å². The quantitative estimate of drug-likeness (QED) is 0.193. The summed E-state index contributed by atoms with van der Waals surface area (Å²) in [5.41, 5.74) is 0. The summed E-state index contributed by atoms with van der Waals surface area (Å²) in [6.45, 7) is 0. The Balaban J connectivity index is -0.0000000800. The molecule has 0 amide bonds. The van der Waals surface area contributed by atoms with Crippen molar-refractivity contribution >= 4 is 10.4 Å². The summed E-state index contributed by atoms with van der Waals surface area (Å²) in [6.07, 6.45) is 0. The topological polar surface area (TPSA) is 130 Å². The van der Waals surface area contributed by atoms with Crippen molar-refractivity contribution in [1.29, 1.82) is 0 Å². The van der Waals surface area contributed by atoms with E-state index in [0.29, 0.717) is 0 Å². The molecule has 0 spiro atoms. The summed E-state index contributed by atoms with van der Waals surface area (Å²) >= 11 is 0. The molecule has 8 heteroatoms. The molecule has 0 rings (SSSR count). The Bertz CT molecular complexity index is 107. The van der Waals surface area contributed by atoms with Crippen LogP contribution in [0.5, 0.6) is 0 Å². The van der Waals surface area contributed by atoms with Crippen molar-refractivity contribution in [2.24, 2.45) is 5.90 Å². The maximum absolute atomic E-state index is 8.74. The molecule has 7 nitrogen and oxygen atoms in total. The highest BCUT2D eigenvalue weighted by atomic mass is 32.3. The summed E-state index contributed by atoms with van der Waals surface area (Å²) in [7, 11) is -4.67. The predicted octanol–water partition coefficient (Wildman–Crippen LogP) is -1.19. The van der Waals surface area contributed by atoms with Gasteiger partial charge in [0.05, 0.1) is 0 Å². The van der Waals surface area contributed by atoms with Gasteiger partial charge in [-0.05, 0) is 0 Å². The number of rotatable bonds is 0. The monoisotopic (exact) mass is 148 g/mol. The molecule has 0 unspecified atom stereocenters. The van der Waals surface area contributed by atoms with Crippen LogP contribution in [0.2, 0.25) is 0 Å².